The van der Waals surface area contributed by atoms with Crippen LogP contribution in [0.25, 0.3) is 0 Å². The van der Waals surface area contributed by atoms with Gasteiger partial charge in [0.05, 0.1) is 6.04 Å². The number of aromatic nitrogens is 2. The summed E-state index contributed by atoms with van der Waals surface area (Å²) in [5.41, 5.74) is 0.509. The molecule has 10 heteroatoms. The number of amides is 1. The fraction of sp³-hybridized carbons (Fsp3) is 0.500. The summed E-state index contributed by atoms with van der Waals surface area (Å²) in [4.78, 5) is 14.5. The van der Waals surface area contributed by atoms with Crippen molar-refractivity contribution in [2.75, 3.05) is 18.4 Å². The Labute approximate surface area is 182 Å². The highest BCUT2D eigenvalue weighted by Crippen LogP contribution is 2.46. The van der Waals surface area contributed by atoms with Gasteiger partial charge in [0.15, 0.2) is 11.7 Å². The minimum absolute atomic E-state index is 0.0129. The van der Waals surface area contributed by atoms with Crippen LogP contribution >= 0.6 is 23.2 Å². The first kappa shape index (κ1) is 21.3. The number of fused-ring (bicyclic) bond motifs is 1. The maximum absolute atomic E-state index is 13.9. The maximum Gasteiger partial charge on any atom is 0.410 e. The molecule has 0 radical (unpaired) electrons. The zero-order valence-corrected chi connectivity index (χ0v) is 17.7. The molecule has 30 heavy (non-hydrogen) atoms. The van der Waals surface area contributed by atoms with E-state index in [2.05, 4.69) is 17.3 Å². The van der Waals surface area contributed by atoms with E-state index in [9.17, 15) is 18.0 Å². The van der Waals surface area contributed by atoms with Crippen LogP contribution in [0.3, 0.4) is 0 Å². The van der Waals surface area contributed by atoms with Gasteiger partial charge in [0.25, 0.3) is 5.91 Å². The van der Waals surface area contributed by atoms with Crippen molar-refractivity contribution in [2.24, 2.45) is 5.92 Å². The van der Waals surface area contributed by atoms with Gasteiger partial charge in [0.2, 0.25) is 0 Å². The molecule has 2 aliphatic rings. The SMILES string of the molecule is CC1CCN(C(=O)c2nn3c(c2Cl)N[C@H](c2ccc(Cl)cc2)C[C@@H]3C(F)(F)F)CC1. The van der Waals surface area contributed by atoms with Crippen LogP contribution in [0.2, 0.25) is 10.0 Å². The first-order valence-corrected chi connectivity index (χ1v) is 10.6. The lowest BCUT2D eigenvalue weighted by atomic mass is 9.97. The predicted octanol–water partition coefficient (Wildman–Crippen LogP) is 5.72. The van der Waals surface area contributed by atoms with Crippen molar-refractivity contribution in [3.8, 4) is 0 Å². The Morgan fingerprint density at radius 2 is 1.80 bits per heavy atom. The van der Waals surface area contributed by atoms with Crippen LogP contribution in [0.4, 0.5) is 19.0 Å². The highest BCUT2D eigenvalue weighted by Gasteiger charge is 2.48. The number of carbonyl (C=O) groups is 1. The van der Waals surface area contributed by atoms with Crippen LogP contribution in [0.1, 0.15) is 54.3 Å². The van der Waals surface area contributed by atoms with Gasteiger partial charge in [0.1, 0.15) is 10.8 Å². The van der Waals surface area contributed by atoms with Crippen molar-refractivity contribution >= 4 is 34.9 Å². The van der Waals surface area contributed by atoms with Gasteiger partial charge in [-0.15, -0.1) is 0 Å². The smallest absolute Gasteiger partial charge is 0.362 e. The molecule has 1 saturated heterocycles. The molecule has 1 N–H and O–H groups in total. The van der Waals surface area contributed by atoms with Crippen LogP contribution < -0.4 is 5.32 Å². The van der Waals surface area contributed by atoms with Gasteiger partial charge >= 0.3 is 6.18 Å². The Morgan fingerprint density at radius 3 is 2.40 bits per heavy atom. The van der Waals surface area contributed by atoms with Crippen molar-refractivity contribution < 1.29 is 18.0 Å². The number of anilines is 1. The number of nitrogens with one attached hydrogen (secondary N) is 1. The molecule has 1 aromatic heterocycles. The molecule has 0 aliphatic carbocycles. The minimum atomic E-state index is -4.54. The number of alkyl halides is 3. The third-order valence-corrected chi connectivity index (χ3v) is 6.45. The van der Waals surface area contributed by atoms with E-state index in [0.29, 0.717) is 29.6 Å². The Balaban J connectivity index is 1.69. The van der Waals surface area contributed by atoms with E-state index in [1.165, 1.54) is 0 Å². The average molecular weight is 461 g/mol. The standard InChI is InChI=1S/C20H21Cl2F3N4O/c1-11-6-8-28(9-7-11)19(30)17-16(22)18-26-14(12-2-4-13(21)5-3-12)10-15(20(23,24)25)29(18)27-17/h2-5,11,14-15,26H,6-10H2,1H3/t14-,15+/m0/s1. The molecule has 3 heterocycles. The lowest BCUT2D eigenvalue weighted by molar-refractivity contribution is -0.173. The highest BCUT2D eigenvalue weighted by molar-refractivity contribution is 6.36. The number of nitrogens with zero attached hydrogens (tertiary/aromatic N) is 3. The predicted molar refractivity (Wildman–Crippen MR) is 109 cm³/mol. The van der Waals surface area contributed by atoms with E-state index in [0.717, 1.165) is 17.5 Å². The van der Waals surface area contributed by atoms with Gasteiger partial charge in [-0.25, -0.2) is 4.68 Å². The molecule has 5 nitrogen and oxygen atoms in total. The monoisotopic (exact) mass is 460 g/mol. The zero-order valence-electron chi connectivity index (χ0n) is 16.2. The van der Waals surface area contributed by atoms with Crippen molar-refractivity contribution in [2.45, 2.75) is 44.4 Å². The number of rotatable bonds is 2. The Kier molecular flexibility index (Phi) is 5.66. The maximum atomic E-state index is 13.9. The first-order valence-electron chi connectivity index (χ1n) is 9.81. The second-order valence-electron chi connectivity index (χ2n) is 7.97. The number of piperidine rings is 1. The number of carbonyl (C=O) groups excluding carboxylic acids is 1. The molecule has 1 amide bonds. The lowest BCUT2D eigenvalue weighted by Gasteiger charge is -2.33. The fourth-order valence-electron chi connectivity index (χ4n) is 4.00. The second-order valence-corrected chi connectivity index (χ2v) is 8.79. The molecule has 4 rings (SSSR count). The van der Waals surface area contributed by atoms with Crippen molar-refractivity contribution in [1.82, 2.24) is 14.7 Å². The summed E-state index contributed by atoms with van der Waals surface area (Å²) in [6.07, 6.45) is -3.12. The Morgan fingerprint density at radius 1 is 1.17 bits per heavy atom. The van der Waals surface area contributed by atoms with Gasteiger partial charge < -0.3 is 10.2 Å². The zero-order chi connectivity index (χ0) is 21.6. The summed E-state index contributed by atoms with van der Waals surface area (Å²) < 4.78 is 42.4. The highest BCUT2D eigenvalue weighted by atomic mass is 35.5. The number of benzene rings is 1. The number of hydrogen-bond acceptors (Lipinski definition) is 3. The molecule has 1 aromatic carbocycles. The summed E-state index contributed by atoms with van der Waals surface area (Å²) in [5, 5.41) is 7.48. The van der Waals surface area contributed by atoms with Gasteiger partial charge in [-0.05, 0) is 36.5 Å². The van der Waals surface area contributed by atoms with Gasteiger partial charge in [-0.3, -0.25) is 4.79 Å². The van der Waals surface area contributed by atoms with Crippen molar-refractivity contribution in [3.63, 3.8) is 0 Å². The molecular formula is C20H21Cl2F3N4O. The molecule has 0 saturated carbocycles. The molecule has 2 aliphatic heterocycles. The van der Waals surface area contributed by atoms with Crippen LogP contribution in [0.5, 0.6) is 0 Å². The molecule has 162 valence electrons. The van der Waals surface area contributed by atoms with E-state index in [1.807, 2.05) is 0 Å². The molecule has 0 spiro atoms. The summed E-state index contributed by atoms with van der Waals surface area (Å²) in [6.45, 7) is 3.20. The average Bonchev–Trinajstić information content (AvgIpc) is 3.04. The van der Waals surface area contributed by atoms with E-state index < -0.39 is 24.2 Å². The van der Waals surface area contributed by atoms with Gasteiger partial charge in [-0.2, -0.15) is 18.3 Å². The summed E-state index contributed by atoms with van der Waals surface area (Å²) >= 11 is 12.3. The van der Waals surface area contributed by atoms with Crippen LogP contribution in [-0.4, -0.2) is 39.9 Å². The van der Waals surface area contributed by atoms with Crippen LogP contribution in [0.15, 0.2) is 24.3 Å². The van der Waals surface area contributed by atoms with E-state index in [1.54, 1.807) is 29.2 Å². The molecule has 2 aromatic rings. The topological polar surface area (TPSA) is 50.2 Å². The summed E-state index contributed by atoms with van der Waals surface area (Å²) in [5.74, 6) is 0.0922. The summed E-state index contributed by atoms with van der Waals surface area (Å²) in [7, 11) is 0. The fourth-order valence-corrected chi connectivity index (χ4v) is 4.39. The van der Waals surface area contributed by atoms with Gasteiger partial charge in [0, 0.05) is 24.5 Å². The number of halogens is 5. The van der Waals surface area contributed by atoms with Gasteiger partial charge in [-0.1, -0.05) is 42.3 Å². The van der Waals surface area contributed by atoms with E-state index in [4.69, 9.17) is 23.2 Å². The third-order valence-electron chi connectivity index (χ3n) is 5.84. The van der Waals surface area contributed by atoms with Crippen LogP contribution in [0, 0.1) is 5.92 Å². The normalized spacial score (nSPS) is 22.5. The second kappa shape index (κ2) is 7.96. The molecule has 0 unspecified atom stereocenters. The number of hydrogen-bond donors (Lipinski definition) is 1. The van der Waals surface area contributed by atoms with Crippen molar-refractivity contribution in [1.29, 1.82) is 0 Å². The summed E-state index contributed by atoms with van der Waals surface area (Å²) in [6, 6.07) is 4.06. The lowest BCUT2D eigenvalue weighted by Crippen LogP contribution is -2.38. The van der Waals surface area contributed by atoms with E-state index in [-0.39, 0.29) is 23.0 Å². The number of likely N-dealkylation sites (tertiary alicyclic amines) is 1. The molecule has 1 fully saturated rings. The molecule has 2 atom stereocenters. The van der Waals surface area contributed by atoms with Crippen LogP contribution in [-0.2, 0) is 0 Å². The Hall–Kier alpha value is -1.93. The molecule has 0 bridgehead atoms. The largest absolute Gasteiger partial charge is 0.410 e. The molecular weight excluding hydrogens is 440 g/mol. The first-order chi connectivity index (χ1) is 14.1. The van der Waals surface area contributed by atoms with E-state index >= 15 is 0 Å². The minimum Gasteiger partial charge on any atom is -0.362 e. The third kappa shape index (κ3) is 3.99. The van der Waals surface area contributed by atoms with Crippen molar-refractivity contribution in [3.05, 3.63) is 45.6 Å². The quantitative estimate of drug-likeness (QED) is 0.622. The Bertz CT molecular complexity index is 937.